The number of nitrogens with zero attached hydrogens (tertiary/aromatic N) is 1. The van der Waals surface area contributed by atoms with Gasteiger partial charge in [0.1, 0.15) is 0 Å². The maximum absolute atomic E-state index is 11.0. The van der Waals surface area contributed by atoms with E-state index in [0.29, 0.717) is 0 Å². The molecular weight excluding hydrogens is 217 g/mol. The Hall–Kier alpha value is -0.921. The second-order valence-electron chi connectivity index (χ2n) is 2.56. The number of rotatable bonds is 1. The van der Waals surface area contributed by atoms with Crippen molar-refractivity contribution in [2.75, 3.05) is 0 Å². The molecule has 2 heterocycles. The van der Waals surface area contributed by atoms with Crippen LogP contribution in [0, 0.1) is 0 Å². The van der Waals surface area contributed by atoms with Crippen LogP contribution < -0.4 is 0 Å². The van der Waals surface area contributed by atoms with E-state index in [0.717, 1.165) is 14.2 Å². The molecule has 2 nitrogen and oxygen atoms in total. The number of Topliss-reactive ketones (excluding diaryl/α,β-unsaturated/α-hetero) is 1. The van der Waals surface area contributed by atoms with E-state index < -0.39 is 0 Å². The molecule has 0 spiro atoms. The standard InChI is InChI=1S/C9H7NOSe/c1-6(11)8-5-7-3-2-4-10-9(7)12-8/h2-5H,1H3. The van der Waals surface area contributed by atoms with Crippen LogP contribution in [0.5, 0.6) is 0 Å². The van der Waals surface area contributed by atoms with Crippen LogP contribution in [-0.4, -0.2) is 25.3 Å². The molecule has 0 bridgehead atoms. The number of fused-ring (bicyclic) bond motifs is 1. The van der Waals surface area contributed by atoms with E-state index in [2.05, 4.69) is 4.98 Å². The summed E-state index contributed by atoms with van der Waals surface area (Å²) in [6.45, 7) is 1.61. The fraction of sp³-hybridized carbons (Fsp3) is 0.111. The number of hydrogen-bond acceptors (Lipinski definition) is 2. The van der Waals surface area contributed by atoms with Crippen molar-refractivity contribution in [1.82, 2.24) is 4.98 Å². The van der Waals surface area contributed by atoms with Gasteiger partial charge in [-0.05, 0) is 0 Å². The maximum atomic E-state index is 11.0. The van der Waals surface area contributed by atoms with Crippen LogP contribution in [0.4, 0.5) is 0 Å². The number of pyridine rings is 1. The van der Waals surface area contributed by atoms with E-state index in [4.69, 9.17) is 0 Å². The summed E-state index contributed by atoms with van der Waals surface area (Å²) in [6.07, 6.45) is 1.78. The molecule has 0 aliphatic rings. The third-order valence-electron chi connectivity index (χ3n) is 1.64. The number of aromatic nitrogens is 1. The van der Waals surface area contributed by atoms with Gasteiger partial charge in [0.15, 0.2) is 0 Å². The second-order valence-corrected chi connectivity index (χ2v) is 4.73. The van der Waals surface area contributed by atoms with Crippen molar-refractivity contribution >= 4 is 30.1 Å². The average Bonchev–Trinajstić information content (AvgIpc) is 2.46. The van der Waals surface area contributed by atoms with Crippen LogP contribution in [0.2, 0.25) is 0 Å². The van der Waals surface area contributed by atoms with Gasteiger partial charge in [-0.25, -0.2) is 0 Å². The molecule has 0 N–H and O–H groups in total. The van der Waals surface area contributed by atoms with Crippen molar-refractivity contribution < 1.29 is 4.79 Å². The van der Waals surface area contributed by atoms with Crippen LogP contribution in [0.15, 0.2) is 24.4 Å². The monoisotopic (exact) mass is 225 g/mol. The van der Waals surface area contributed by atoms with E-state index >= 15 is 0 Å². The van der Waals surface area contributed by atoms with Crippen molar-refractivity contribution in [2.45, 2.75) is 6.92 Å². The van der Waals surface area contributed by atoms with Crippen molar-refractivity contribution in [1.29, 1.82) is 0 Å². The van der Waals surface area contributed by atoms with Crippen molar-refractivity contribution in [3.63, 3.8) is 0 Å². The fourth-order valence-electron chi connectivity index (χ4n) is 1.05. The number of hydrogen-bond donors (Lipinski definition) is 0. The van der Waals surface area contributed by atoms with Gasteiger partial charge < -0.3 is 0 Å². The molecule has 2 aromatic rings. The Morgan fingerprint density at radius 3 is 3.08 bits per heavy atom. The van der Waals surface area contributed by atoms with Crippen LogP contribution in [0.25, 0.3) is 9.78 Å². The minimum absolute atomic E-state index is 0.141. The molecule has 3 heteroatoms. The minimum atomic E-state index is 0.141. The number of carbonyl (C=O) groups is 1. The van der Waals surface area contributed by atoms with Crippen molar-refractivity contribution in [2.24, 2.45) is 0 Å². The zero-order valence-corrected chi connectivity index (χ0v) is 8.29. The van der Waals surface area contributed by atoms with E-state index in [1.807, 2.05) is 18.2 Å². The Kier molecular flexibility index (Phi) is 1.83. The molecule has 0 unspecified atom stereocenters. The molecular formula is C9H7NOSe. The number of carbonyl (C=O) groups excluding carboxylic acids is 1. The summed E-state index contributed by atoms with van der Waals surface area (Å²) in [5, 5.41) is 1.11. The predicted octanol–water partition coefficient (Wildman–Crippen LogP) is 1.49. The topological polar surface area (TPSA) is 30.0 Å². The summed E-state index contributed by atoms with van der Waals surface area (Å²) in [5.74, 6) is 0.174. The molecule has 2 aromatic heterocycles. The normalized spacial score (nSPS) is 10.4. The summed E-state index contributed by atoms with van der Waals surface area (Å²) in [7, 11) is 0. The Morgan fingerprint density at radius 1 is 1.58 bits per heavy atom. The van der Waals surface area contributed by atoms with E-state index in [1.54, 1.807) is 13.1 Å². The van der Waals surface area contributed by atoms with Crippen molar-refractivity contribution in [3.05, 3.63) is 28.8 Å². The molecule has 2 rings (SSSR count). The first-order valence-electron chi connectivity index (χ1n) is 3.63. The van der Waals surface area contributed by atoms with Gasteiger partial charge in [-0.2, -0.15) is 0 Å². The average molecular weight is 224 g/mol. The molecule has 0 aliphatic heterocycles. The molecule has 0 atom stereocenters. The van der Waals surface area contributed by atoms with Crippen LogP contribution in [-0.2, 0) is 0 Å². The van der Waals surface area contributed by atoms with Gasteiger partial charge >= 0.3 is 75.6 Å². The molecule has 0 saturated heterocycles. The third-order valence-corrected chi connectivity index (χ3v) is 4.07. The predicted molar refractivity (Wildman–Crippen MR) is 48.7 cm³/mol. The Balaban J connectivity index is 2.70. The Labute approximate surface area is 76.0 Å². The van der Waals surface area contributed by atoms with Crippen molar-refractivity contribution in [3.8, 4) is 0 Å². The van der Waals surface area contributed by atoms with Gasteiger partial charge in [0.2, 0.25) is 0 Å². The van der Waals surface area contributed by atoms with Crippen LogP contribution in [0.3, 0.4) is 0 Å². The molecule has 0 radical (unpaired) electrons. The summed E-state index contributed by atoms with van der Waals surface area (Å²) >= 11 is 0.141. The molecule has 0 aliphatic carbocycles. The first-order chi connectivity index (χ1) is 5.77. The fourth-order valence-corrected chi connectivity index (χ4v) is 2.93. The van der Waals surface area contributed by atoms with Gasteiger partial charge in [0, 0.05) is 0 Å². The zero-order chi connectivity index (χ0) is 8.55. The molecule has 0 amide bonds. The summed E-state index contributed by atoms with van der Waals surface area (Å²) in [6, 6.07) is 5.85. The van der Waals surface area contributed by atoms with Crippen LogP contribution in [0.1, 0.15) is 16.2 Å². The molecule has 60 valence electrons. The third kappa shape index (κ3) is 1.22. The van der Waals surface area contributed by atoms with E-state index in [9.17, 15) is 4.79 Å². The van der Waals surface area contributed by atoms with E-state index in [-0.39, 0.29) is 20.3 Å². The first kappa shape index (κ1) is 7.71. The van der Waals surface area contributed by atoms with Crippen LogP contribution >= 0.6 is 0 Å². The summed E-state index contributed by atoms with van der Waals surface area (Å²) < 4.78 is 2.01. The van der Waals surface area contributed by atoms with E-state index in [1.165, 1.54) is 0 Å². The van der Waals surface area contributed by atoms with Gasteiger partial charge in [0.05, 0.1) is 0 Å². The Morgan fingerprint density at radius 2 is 2.42 bits per heavy atom. The summed E-state index contributed by atoms with van der Waals surface area (Å²) in [4.78, 5) is 15.2. The first-order valence-corrected chi connectivity index (χ1v) is 5.34. The molecule has 12 heavy (non-hydrogen) atoms. The zero-order valence-electron chi connectivity index (χ0n) is 6.57. The molecule has 0 saturated carbocycles. The molecule has 0 fully saturated rings. The van der Waals surface area contributed by atoms with Gasteiger partial charge in [-0.1, -0.05) is 0 Å². The van der Waals surface area contributed by atoms with Gasteiger partial charge in [-0.3, -0.25) is 0 Å². The second kappa shape index (κ2) is 2.85. The molecule has 0 aromatic carbocycles. The van der Waals surface area contributed by atoms with Gasteiger partial charge in [-0.15, -0.1) is 0 Å². The Bertz CT molecular complexity index is 400. The number of ketones is 1. The summed E-state index contributed by atoms with van der Waals surface area (Å²) in [5.41, 5.74) is 0. The van der Waals surface area contributed by atoms with Gasteiger partial charge in [0.25, 0.3) is 0 Å². The SMILES string of the molecule is CC(=O)c1cc2cccnc2[se]1. The quantitative estimate of drug-likeness (QED) is 0.542.